The van der Waals surface area contributed by atoms with Crippen LogP contribution in [-0.2, 0) is 4.74 Å². The molecule has 0 aromatic heterocycles. The molecule has 0 amide bonds. The summed E-state index contributed by atoms with van der Waals surface area (Å²) in [4.78, 5) is 0. The van der Waals surface area contributed by atoms with Gasteiger partial charge in [0.15, 0.2) is 0 Å². The summed E-state index contributed by atoms with van der Waals surface area (Å²) in [6.07, 6.45) is 7.26. The van der Waals surface area contributed by atoms with Crippen molar-refractivity contribution in [1.82, 2.24) is 0 Å². The van der Waals surface area contributed by atoms with Crippen molar-refractivity contribution in [3.05, 3.63) is 0 Å². The minimum Gasteiger partial charge on any atom is -0.366 e. The molecule has 1 saturated heterocycles. The summed E-state index contributed by atoms with van der Waals surface area (Å²) < 4.78 is 5.91. The maximum absolute atomic E-state index is 5.91. The number of hydrogen-bond acceptors (Lipinski definition) is 1. The lowest BCUT2D eigenvalue weighted by atomic mass is 9.62. The lowest BCUT2D eigenvalue weighted by molar-refractivity contribution is 0.0852. The van der Waals surface area contributed by atoms with Crippen LogP contribution in [0.1, 0.15) is 59.8 Å². The molecule has 1 heterocycles. The zero-order chi connectivity index (χ0) is 10.4. The Bertz CT molecular complexity index is 217. The number of rotatable bonds is 3. The summed E-state index contributed by atoms with van der Waals surface area (Å²) >= 11 is 0. The molecule has 0 aromatic carbocycles. The Labute approximate surface area is 88.2 Å². The van der Waals surface area contributed by atoms with Crippen LogP contribution in [0.5, 0.6) is 0 Å². The molecule has 82 valence electrons. The maximum Gasteiger partial charge on any atom is 0.0953 e. The minimum atomic E-state index is 0.247. The van der Waals surface area contributed by atoms with Gasteiger partial charge in [0, 0.05) is 0 Å². The highest BCUT2D eigenvalue weighted by Gasteiger charge is 2.63. The first-order chi connectivity index (χ1) is 6.50. The van der Waals surface area contributed by atoms with Crippen molar-refractivity contribution in [2.24, 2.45) is 11.3 Å². The monoisotopic (exact) mass is 196 g/mol. The minimum absolute atomic E-state index is 0.247. The van der Waals surface area contributed by atoms with Crippen LogP contribution in [0, 0.1) is 11.3 Å². The average Bonchev–Trinajstić information content (AvgIpc) is 2.75. The standard InChI is InChI=1S/C13H24O/c1-5-6-7-10-12(2,3)9-8-11-13(10,4)14-11/h10-11H,5-9H2,1-4H3/t10-,11-,13+/m1/s1. The molecule has 1 heteroatoms. The van der Waals surface area contributed by atoms with Crippen LogP contribution in [0.15, 0.2) is 0 Å². The summed E-state index contributed by atoms with van der Waals surface area (Å²) in [6, 6.07) is 0. The van der Waals surface area contributed by atoms with Gasteiger partial charge >= 0.3 is 0 Å². The first-order valence-electron chi connectivity index (χ1n) is 6.18. The first kappa shape index (κ1) is 10.5. The SMILES string of the molecule is CCCC[C@@H]1C(C)(C)CC[C@H]2O[C@@]12C. The lowest BCUT2D eigenvalue weighted by Gasteiger charge is -2.40. The molecule has 0 spiro atoms. The van der Waals surface area contributed by atoms with Gasteiger partial charge in [0.1, 0.15) is 0 Å². The Kier molecular flexibility index (Phi) is 2.42. The van der Waals surface area contributed by atoms with Gasteiger partial charge in [-0.1, -0.05) is 33.6 Å². The van der Waals surface area contributed by atoms with Crippen LogP contribution < -0.4 is 0 Å². The Hall–Kier alpha value is -0.0400. The number of ether oxygens (including phenoxy) is 1. The van der Waals surface area contributed by atoms with Crippen molar-refractivity contribution in [3.8, 4) is 0 Å². The highest BCUT2D eigenvalue weighted by Crippen LogP contribution is 2.59. The normalized spacial score (nSPS) is 44.6. The molecule has 1 aliphatic heterocycles. The van der Waals surface area contributed by atoms with Gasteiger partial charge in [-0.2, -0.15) is 0 Å². The van der Waals surface area contributed by atoms with Crippen molar-refractivity contribution in [2.45, 2.75) is 71.5 Å². The molecular formula is C13H24O. The molecular weight excluding hydrogens is 172 g/mol. The quantitative estimate of drug-likeness (QED) is 0.626. The zero-order valence-corrected chi connectivity index (χ0v) is 10.1. The topological polar surface area (TPSA) is 12.5 Å². The molecule has 1 nitrogen and oxygen atoms in total. The second-order valence-electron chi connectivity index (χ2n) is 6.01. The average molecular weight is 196 g/mol. The highest BCUT2D eigenvalue weighted by atomic mass is 16.6. The van der Waals surface area contributed by atoms with E-state index in [4.69, 9.17) is 4.74 Å². The molecule has 3 atom stereocenters. The lowest BCUT2D eigenvalue weighted by Crippen LogP contribution is -2.40. The van der Waals surface area contributed by atoms with E-state index in [-0.39, 0.29) is 5.60 Å². The molecule has 1 saturated carbocycles. The Morgan fingerprint density at radius 2 is 2.00 bits per heavy atom. The third-order valence-electron chi connectivity index (χ3n) is 4.51. The fourth-order valence-electron chi connectivity index (χ4n) is 3.46. The van der Waals surface area contributed by atoms with Gasteiger partial charge in [0.25, 0.3) is 0 Å². The molecule has 2 aliphatic rings. The number of epoxide rings is 1. The van der Waals surface area contributed by atoms with Gasteiger partial charge in [0.05, 0.1) is 11.7 Å². The van der Waals surface area contributed by atoms with Crippen molar-refractivity contribution in [3.63, 3.8) is 0 Å². The third-order valence-corrected chi connectivity index (χ3v) is 4.51. The molecule has 0 aromatic rings. The van der Waals surface area contributed by atoms with E-state index in [9.17, 15) is 0 Å². The van der Waals surface area contributed by atoms with Crippen LogP contribution in [0.2, 0.25) is 0 Å². The van der Waals surface area contributed by atoms with Gasteiger partial charge in [-0.15, -0.1) is 0 Å². The summed E-state index contributed by atoms with van der Waals surface area (Å²) in [6.45, 7) is 9.47. The first-order valence-corrected chi connectivity index (χ1v) is 6.18. The smallest absolute Gasteiger partial charge is 0.0953 e. The molecule has 14 heavy (non-hydrogen) atoms. The van der Waals surface area contributed by atoms with Crippen molar-refractivity contribution >= 4 is 0 Å². The summed E-state index contributed by atoms with van der Waals surface area (Å²) in [7, 11) is 0. The van der Waals surface area contributed by atoms with Gasteiger partial charge < -0.3 is 4.74 Å². The Morgan fingerprint density at radius 1 is 1.29 bits per heavy atom. The van der Waals surface area contributed by atoms with E-state index >= 15 is 0 Å². The molecule has 1 aliphatic carbocycles. The molecule has 2 rings (SSSR count). The molecule has 0 N–H and O–H groups in total. The van der Waals surface area contributed by atoms with Gasteiger partial charge in [-0.3, -0.25) is 0 Å². The van der Waals surface area contributed by atoms with E-state index in [1.807, 2.05) is 0 Å². The fourth-order valence-corrected chi connectivity index (χ4v) is 3.46. The van der Waals surface area contributed by atoms with Crippen LogP contribution in [0.3, 0.4) is 0 Å². The van der Waals surface area contributed by atoms with Gasteiger partial charge in [-0.05, 0) is 37.5 Å². The van der Waals surface area contributed by atoms with E-state index in [0.717, 1.165) is 5.92 Å². The second kappa shape index (κ2) is 3.23. The van der Waals surface area contributed by atoms with E-state index < -0.39 is 0 Å². The van der Waals surface area contributed by atoms with E-state index in [2.05, 4.69) is 27.7 Å². The van der Waals surface area contributed by atoms with Crippen LogP contribution in [0.25, 0.3) is 0 Å². The molecule has 0 unspecified atom stereocenters. The van der Waals surface area contributed by atoms with Crippen LogP contribution in [0.4, 0.5) is 0 Å². The van der Waals surface area contributed by atoms with Crippen molar-refractivity contribution in [2.75, 3.05) is 0 Å². The number of fused-ring (bicyclic) bond motifs is 1. The number of unbranched alkanes of at least 4 members (excludes halogenated alkanes) is 1. The maximum atomic E-state index is 5.91. The molecule has 0 bridgehead atoms. The van der Waals surface area contributed by atoms with Crippen LogP contribution >= 0.6 is 0 Å². The molecule has 0 radical (unpaired) electrons. The van der Waals surface area contributed by atoms with Gasteiger partial charge in [0.2, 0.25) is 0 Å². The van der Waals surface area contributed by atoms with E-state index in [1.165, 1.54) is 32.1 Å². The summed E-state index contributed by atoms with van der Waals surface area (Å²) in [5.41, 5.74) is 0.744. The largest absolute Gasteiger partial charge is 0.366 e. The fraction of sp³-hybridized carbons (Fsp3) is 1.00. The number of hydrogen-bond donors (Lipinski definition) is 0. The van der Waals surface area contributed by atoms with Gasteiger partial charge in [-0.25, -0.2) is 0 Å². The second-order valence-corrected chi connectivity index (χ2v) is 6.01. The van der Waals surface area contributed by atoms with Crippen molar-refractivity contribution in [1.29, 1.82) is 0 Å². The molecule has 2 fully saturated rings. The zero-order valence-electron chi connectivity index (χ0n) is 10.1. The van der Waals surface area contributed by atoms with E-state index in [1.54, 1.807) is 0 Å². The highest BCUT2D eigenvalue weighted by molar-refractivity contribution is 5.11. The summed E-state index contributed by atoms with van der Waals surface area (Å²) in [5, 5.41) is 0. The van der Waals surface area contributed by atoms with Crippen molar-refractivity contribution < 1.29 is 4.74 Å². The summed E-state index contributed by atoms with van der Waals surface area (Å²) in [5.74, 6) is 0.786. The Morgan fingerprint density at radius 3 is 2.64 bits per heavy atom. The predicted molar refractivity (Wildman–Crippen MR) is 59.3 cm³/mol. The predicted octanol–water partition coefficient (Wildman–Crippen LogP) is 3.77. The van der Waals surface area contributed by atoms with Crippen LogP contribution in [-0.4, -0.2) is 11.7 Å². The Balaban J connectivity index is 2.07. The van der Waals surface area contributed by atoms with E-state index in [0.29, 0.717) is 11.5 Å². The third kappa shape index (κ3) is 1.50.